The first kappa shape index (κ1) is 15.1. The fraction of sp³-hybridized carbons (Fsp3) is 0.750. The van der Waals surface area contributed by atoms with Crippen molar-refractivity contribution in [3.05, 3.63) is 12.7 Å². The summed E-state index contributed by atoms with van der Waals surface area (Å²) in [7, 11) is 1.58. The normalized spacial score (nSPS) is 14.6. The zero-order valence-electron chi connectivity index (χ0n) is 10.7. The minimum atomic E-state index is -0.793. The number of carbonyl (C=O) groups is 1. The number of hydrogen-bond donors (Lipinski definition) is 1. The Bertz CT molecular complexity index is 228. The van der Waals surface area contributed by atoms with E-state index in [2.05, 4.69) is 11.9 Å². The Balaban J connectivity index is 4.90. The van der Waals surface area contributed by atoms with Crippen molar-refractivity contribution in [1.29, 1.82) is 0 Å². The molecule has 16 heavy (non-hydrogen) atoms. The van der Waals surface area contributed by atoms with Gasteiger partial charge in [-0.3, -0.25) is 5.32 Å². The highest BCUT2D eigenvalue weighted by atomic mass is 16.5. The molecule has 1 atom stereocenters. The van der Waals surface area contributed by atoms with Crippen LogP contribution in [0.4, 0.5) is 0 Å². The van der Waals surface area contributed by atoms with Gasteiger partial charge in [0, 0.05) is 13.7 Å². The maximum Gasteiger partial charge on any atom is 0.329 e. The summed E-state index contributed by atoms with van der Waals surface area (Å²) < 4.78 is 10.2. The molecule has 0 fully saturated rings. The molecule has 94 valence electrons. The lowest BCUT2D eigenvalue weighted by atomic mass is 9.87. The second-order valence-electron chi connectivity index (χ2n) is 3.95. The third-order valence-corrected chi connectivity index (χ3v) is 2.56. The van der Waals surface area contributed by atoms with Gasteiger partial charge in [0.15, 0.2) is 0 Å². The first-order valence-corrected chi connectivity index (χ1v) is 5.57. The largest absolute Gasteiger partial charge is 0.465 e. The maximum absolute atomic E-state index is 12.0. The minimum Gasteiger partial charge on any atom is -0.465 e. The van der Waals surface area contributed by atoms with Gasteiger partial charge in [0.1, 0.15) is 5.54 Å². The summed E-state index contributed by atoms with van der Waals surface area (Å²) in [6.07, 6.45) is 1.71. The standard InChI is InChI=1S/C12H23NO3/c1-6-8-13-12(9-15-5,10(3)4)11(14)16-7-2/h6,10,13H,1,7-9H2,2-5H3. The number of rotatable bonds is 8. The summed E-state index contributed by atoms with van der Waals surface area (Å²) in [5, 5.41) is 3.15. The van der Waals surface area contributed by atoms with Crippen molar-refractivity contribution in [2.75, 3.05) is 26.9 Å². The highest BCUT2D eigenvalue weighted by Crippen LogP contribution is 2.19. The molecule has 0 bridgehead atoms. The Morgan fingerprint density at radius 2 is 2.19 bits per heavy atom. The molecule has 0 aliphatic rings. The summed E-state index contributed by atoms with van der Waals surface area (Å²) in [6.45, 7) is 10.6. The van der Waals surface area contributed by atoms with Gasteiger partial charge in [-0.05, 0) is 12.8 Å². The highest BCUT2D eigenvalue weighted by Gasteiger charge is 2.42. The average Bonchev–Trinajstić information content (AvgIpc) is 2.24. The molecule has 0 amide bonds. The van der Waals surface area contributed by atoms with E-state index in [-0.39, 0.29) is 18.5 Å². The van der Waals surface area contributed by atoms with Crippen LogP contribution in [0.3, 0.4) is 0 Å². The summed E-state index contributed by atoms with van der Waals surface area (Å²) >= 11 is 0. The summed E-state index contributed by atoms with van der Waals surface area (Å²) in [4.78, 5) is 12.0. The molecule has 0 spiro atoms. The van der Waals surface area contributed by atoms with Crippen LogP contribution in [-0.2, 0) is 14.3 Å². The fourth-order valence-corrected chi connectivity index (χ4v) is 1.53. The molecular formula is C12H23NO3. The van der Waals surface area contributed by atoms with E-state index < -0.39 is 5.54 Å². The highest BCUT2D eigenvalue weighted by molar-refractivity contribution is 5.81. The lowest BCUT2D eigenvalue weighted by Gasteiger charge is -2.35. The van der Waals surface area contributed by atoms with Crippen molar-refractivity contribution in [3.63, 3.8) is 0 Å². The molecule has 0 saturated heterocycles. The number of hydrogen-bond acceptors (Lipinski definition) is 4. The number of carbonyl (C=O) groups excluding carboxylic acids is 1. The van der Waals surface area contributed by atoms with Crippen LogP contribution in [0.5, 0.6) is 0 Å². The Kier molecular flexibility index (Phi) is 7.01. The number of ether oxygens (including phenoxy) is 2. The van der Waals surface area contributed by atoms with E-state index in [0.717, 1.165) is 0 Å². The lowest BCUT2D eigenvalue weighted by molar-refractivity contribution is -0.156. The SMILES string of the molecule is C=CCNC(COC)(C(=O)OCC)C(C)C. The van der Waals surface area contributed by atoms with E-state index in [0.29, 0.717) is 13.2 Å². The summed E-state index contributed by atoms with van der Waals surface area (Å²) in [6, 6.07) is 0. The predicted octanol–water partition coefficient (Wildman–Crippen LogP) is 1.37. The minimum absolute atomic E-state index is 0.0754. The topological polar surface area (TPSA) is 47.6 Å². The molecule has 0 aliphatic heterocycles. The third kappa shape index (κ3) is 3.61. The Labute approximate surface area is 98.0 Å². The van der Waals surface area contributed by atoms with E-state index in [1.165, 1.54) is 0 Å². The number of esters is 1. The molecule has 0 aromatic carbocycles. The molecule has 0 saturated carbocycles. The Morgan fingerprint density at radius 3 is 2.56 bits per heavy atom. The average molecular weight is 229 g/mol. The molecule has 4 nitrogen and oxygen atoms in total. The van der Waals surface area contributed by atoms with Crippen LogP contribution >= 0.6 is 0 Å². The molecule has 1 N–H and O–H groups in total. The molecule has 4 heteroatoms. The first-order valence-electron chi connectivity index (χ1n) is 5.57. The van der Waals surface area contributed by atoms with E-state index in [4.69, 9.17) is 9.47 Å². The summed E-state index contributed by atoms with van der Waals surface area (Å²) in [5.74, 6) is -0.194. The van der Waals surface area contributed by atoms with E-state index in [1.807, 2.05) is 13.8 Å². The van der Waals surface area contributed by atoms with Crippen LogP contribution in [-0.4, -0.2) is 38.4 Å². The Morgan fingerprint density at radius 1 is 1.56 bits per heavy atom. The van der Waals surface area contributed by atoms with E-state index in [1.54, 1.807) is 20.1 Å². The number of methoxy groups -OCH3 is 1. The van der Waals surface area contributed by atoms with Crippen molar-refractivity contribution in [3.8, 4) is 0 Å². The predicted molar refractivity (Wildman–Crippen MR) is 64.3 cm³/mol. The van der Waals surface area contributed by atoms with Gasteiger partial charge in [-0.1, -0.05) is 19.9 Å². The molecule has 0 heterocycles. The lowest BCUT2D eigenvalue weighted by Crippen LogP contribution is -2.60. The quantitative estimate of drug-likeness (QED) is 0.504. The van der Waals surface area contributed by atoms with Gasteiger partial charge in [0.25, 0.3) is 0 Å². The Hall–Kier alpha value is -0.870. The summed E-state index contributed by atoms with van der Waals surface area (Å²) in [5.41, 5.74) is -0.793. The smallest absolute Gasteiger partial charge is 0.329 e. The van der Waals surface area contributed by atoms with Crippen molar-refractivity contribution in [2.45, 2.75) is 26.3 Å². The molecule has 0 rings (SSSR count). The molecule has 0 aromatic rings. The van der Waals surface area contributed by atoms with Gasteiger partial charge in [0.2, 0.25) is 0 Å². The monoisotopic (exact) mass is 229 g/mol. The van der Waals surface area contributed by atoms with Crippen molar-refractivity contribution in [2.24, 2.45) is 5.92 Å². The van der Waals surface area contributed by atoms with Gasteiger partial charge in [-0.2, -0.15) is 0 Å². The maximum atomic E-state index is 12.0. The second kappa shape index (κ2) is 7.41. The van der Waals surface area contributed by atoms with Gasteiger partial charge in [0.05, 0.1) is 13.2 Å². The van der Waals surface area contributed by atoms with Crippen LogP contribution in [0.25, 0.3) is 0 Å². The molecule has 1 unspecified atom stereocenters. The van der Waals surface area contributed by atoms with Crippen LogP contribution in [0.1, 0.15) is 20.8 Å². The molecule has 0 aliphatic carbocycles. The first-order chi connectivity index (χ1) is 7.55. The van der Waals surface area contributed by atoms with Gasteiger partial charge in [-0.15, -0.1) is 6.58 Å². The molecule has 0 radical (unpaired) electrons. The van der Waals surface area contributed by atoms with Crippen molar-refractivity contribution < 1.29 is 14.3 Å². The van der Waals surface area contributed by atoms with Crippen LogP contribution < -0.4 is 5.32 Å². The van der Waals surface area contributed by atoms with Crippen molar-refractivity contribution >= 4 is 5.97 Å². The van der Waals surface area contributed by atoms with Gasteiger partial charge in [-0.25, -0.2) is 4.79 Å². The van der Waals surface area contributed by atoms with Gasteiger partial charge < -0.3 is 9.47 Å². The van der Waals surface area contributed by atoms with Crippen LogP contribution in [0.2, 0.25) is 0 Å². The zero-order chi connectivity index (χ0) is 12.6. The zero-order valence-corrected chi connectivity index (χ0v) is 10.7. The fourth-order valence-electron chi connectivity index (χ4n) is 1.53. The van der Waals surface area contributed by atoms with E-state index in [9.17, 15) is 4.79 Å². The number of nitrogens with one attached hydrogen (secondary N) is 1. The molecular weight excluding hydrogens is 206 g/mol. The van der Waals surface area contributed by atoms with Crippen LogP contribution in [0, 0.1) is 5.92 Å². The van der Waals surface area contributed by atoms with E-state index >= 15 is 0 Å². The second-order valence-corrected chi connectivity index (χ2v) is 3.95. The van der Waals surface area contributed by atoms with Crippen LogP contribution in [0.15, 0.2) is 12.7 Å². The van der Waals surface area contributed by atoms with Crippen molar-refractivity contribution in [1.82, 2.24) is 5.32 Å². The van der Waals surface area contributed by atoms with Gasteiger partial charge >= 0.3 is 5.97 Å². The molecule has 0 aromatic heterocycles. The third-order valence-electron chi connectivity index (χ3n) is 2.56.